The largest absolute Gasteiger partial charge is 0.490 e. The van der Waals surface area contributed by atoms with Gasteiger partial charge in [0, 0.05) is 6.04 Å². The second-order valence-corrected chi connectivity index (χ2v) is 9.04. The average Bonchev–Trinajstić information content (AvgIpc) is 3.17. The Bertz CT molecular complexity index is 1230. The number of aromatic carboxylic acids is 1. The topological polar surface area (TPSA) is 118 Å². The normalized spacial score (nSPS) is 17.0. The lowest BCUT2D eigenvalue weighted by Crippen LogP contribution is -2.39. The molecule has 9 heteroatoms. The highest BCUT2D eigenvalue weighted by Gasteiger charge is 2.29. The van der Waals surface area contributed by atoms with E-state index in [2.05, 4.69) is 10.4 Å². The van der Waals surface area contributed by atoms with Crippen LogP contribution in [0.3, 0.4) is 0 Å². The molecule has 2 N–H and O–H groups in total. The van der Waals surface area contributed by atoms with Crippen molar-refractivity contribution >= 4 is 35.3 Å². The summed E-state index contributed by atoms with van der Waals surface area (Å²) in [6, 6.07) is 11.4. The third-order valence-electron chi connectivity index (χ3n) is 6.33. The Labute approximate surface area is 215 Å². The molecular formula is C28H31N3O6. The van der Waals surface area contributed by atoms with Crippen LogP contribution < -0.4 is 19.8 Å². The third kappa shape index (κ3) is 6.35. The molecule has 1 heterocycles. The van der Waals surface area contributed by atoms with Crippen LogP contribution in [0.4, 0.5) is 5.69 Å². The number of carbonyl (C=O) groups is 3. The second kappa shape index (κ2) is 11.7. The highest BCUT2D eigenvalue weighted by Crippen LogP contribution is 2.31. The van der Waals surface area contributed by atoms with Crippen LogP contribution in [0.5, 0.6) is 11.5 Å². The van der Waals surface area contributed by atoms with Crippen molar-refractivity contribution in [2.75, 3.05) is 18.2 Å². The minimum atomic E-state index is -1.04. The molecule has 2 aliphatic rings. The number of nitrogens with one attached hydrogen (secondary N) is 1. The fraction of sp³-hybridized carbons (Fsp3) is 0.357. The van der Waals surface area contributed by atoms with Crippen molar-refractivity contribution in [3.8, 4) is 11.5 Å². The van der Waals surface area contributed by atoms with Crippen LogP contribution in [0.25, 0.3) is 6.08 Å². The molecule has 0 bridgehead atoms. The van der Waals surface area contributed by atoms with Gasteiger partial charge in [-0.2, -0.15) is 10.1 Å². The van der Waals surface area contributed by atoms with E-state index in [0.29, 0.717) is 40.6 Å². The Morgan fingerprint density at radius 1 is 1.08 bits per heavy atom. The number of rotatable bonds is 9. The molecule has 4 rings (SSSR count). The number of amides is 2. The monoisotopic (exact) mass is 505 g/mol. The lowest BCUT2D eigenvalue weighted by atomic mass is 9.95. The van der Waals surface area contributed by atoms with E-state index in [1.807, 2.05) is 6.92 Å². The van der Waals surface area contributed by atoms with Crippen LogP contribution in [0.2, 0.25) is 0 Å². The zero-order chi connectivity index (χ0) is 26.4. The maximum atomic E-state index is 13.1. The number of hydrazone groups is 1. The number of hydrogen-bond acceptors (Lipinski definition) is 6. The van der Waals surface area contributed by atoms with Gasteiger partial charge in [-0.3, -0.25) is 9.59 Å². The summed E-state index contributed by atoms with van der Waals surface area (Å²) in [7, 11) is 0. The molecule has 2 aromatic carbocycles. The Balaban J connectivity index is 1.46. The zero-order valence-electron chi connectivity index (χ0n) is 21.0. The first-order valence-electron chi connectivity index (χ1n) is 12.5. The lowest BCUT2D eigenvalue weighted by molar-refractivity contribution is -0.124. The van der Waals surface area contributed by atoms with Crippen molar-refractivity contribution in [1.29, 1.82) is 0 Å². The molecule has 0 spiro atoms. The van der Waals surface area contributed by atoms with Crippen LogP contribution >= 0.6 is 0 Å². The summed E-state index contributed by atoms with van der Waals surface area (Å²) in [4.78, 5) is 36.5. The smallest absolute Gasteiger partial charge is 0.335 e. The van der Waals surface area contributed by atoms with E-state index in [9.17, 15) is 14.4 Å². The molecule has 0 saturated heterocycles. The van der Waals surface area contributed by atoms with Gasteiger partial charge in [0.05, 0.1) is 29.1 Å². The molecular weight excluding hydrogens is 474 g/mol. The standard InChI is InChI=1S/C28H31N3O6/c1-3-36-25-16-19(9-14-24(25)37-17-26(32)29-21-7-5-4-6-8-21)15-23-18(2)30-31(27(23)33)22-12-10-20(11-13-22)28(34)35/h9-16,21H,3-8,17H2,1-2H3,(H,29,32)(H,34,35)/b23-15+. The first kappa shape index (κ1) is 25.9. The summed E-state index contributed by atoms with van der Waals surface area (Å²) < 4.78 is 11.5. The Hall–Kier alpha value is -4.14. The lowest BCUT2D eigenvalue weighted by Gasteiger charge is -2.22. The summed E-state index contributed by atoms with van der Waals surface area (Å²) in [5.41, 5.74) is 2.26. The molecule has 0 atom stereocenters. The van der Waals surface area contributed by atoms with Crippen molar-refractivity contribution < 1.29 is 29.0 Å². The summed E-state index contributed by atoms with van der Waals surface area (Å²) in [6.07, 6.45) is 7.22. The fourth-order valence-corrected chi connectivity index (χ4v) is 4.43. The van der Waals surface area contributed by atoms with Crippen molar-refractivity contribution in [2.24, 2.45) is 5.10 Å². The first-order valence-corrected chi connectivity index (χ1v) is 12.5. The zero-order valence-corrected chi connectivity index (χ0v) is 21.0. The molecule has 194 valence electrons. The van der Waals surface area contributed by atoms with E-state index in [-0.39, 0.29) is 30.0 Å². The van der Waals surface area contributed by atoms with Crippen molar-refractivity contribution in [3.05, 3.63) is 59.2 Å². The maximum Gasteiger partial charge on any atom is 0.335 e. The van der Waals surface area contributed by atoms with Gasteiger partial charge in [0.15, 0.2) is 18.1 Å². The molecule has 1 aliphatic carbocycles. The summed E-state index contributed by atoms with van der Waals surface area (Å²) in [5, 5.41) is 17.7. The van der Waals surface area contributed by atoms with E-state index in [1.165, 1.54) is 23.6 Å². The van der Waals surface area contributed by atoms with Gasteiger partial charge in [0.25, 0.3) is 11.8 Å². The molecule has 9 nitrogen and oxygen atoms in total. The van der Waals surface area contributed by atoms with Crippen LogP contribution in [0.1, 0.15) is 61.9 Å². The maximum absolute atomic E-state index is 13.1. The molecule has 1 aliphatic heterocycles. The molecule has 1 saturated carbocycles. The van der Waals surface area contributed by atoms with Gasteiger partial charge >= 0.3 is 5.97 Å². The van der Waals surface area contributed by atoms with E-state index in [0.717, 1.165) is 25.7 Å². The van der Waals surface area contributed by atoms with Crippen LogP contribution in [0.15, 0.2) is 53.1 Å². The molecule has 0 aromatic heterocycles. The van der Waals surface area contributed by atoms with Gasteiger partial charge in [-0.05, 0) is 74.7 Å². The predicted molar refractivity (Wildman–Crippen MR) is 140 cm³/mol. The SMILES string of the molecule is CCOc1cc(/C=C2/C(=O)N(c3ccc(C(=O)O)cc3)N=C2C)ccc1OCC(=O)NC1CCCCC1. The summed E-state index contributed by atoms with van der Waals surface area (Å²) >= 11 is 0. The van der Waals surface area contributed by atoms with Crippen molar-refractivity contribution in [2.45, 2.75) is 52.0 Å². The molecule has 0 unspecified atom stereocenters. The quantitative estimate of drug-likeness (QED) is 0.487. The van der Waals surface area contributed by atoms with E-state index in [4.69, 9.17) is 14.6 Å². The number of carboxylic acids is 1. The number of benzene rings is 2. The number of hydrogen-bond donors (Lipinski definition) is 2. The Kier molecular flexibility index (Phi) is 8.22. The van der Waals surface area contributed by atoms with E-state index in [1.54, 1.807) is 43.3 Å². The molecule has 0 radical (unpaired) electrons. The van der Waals surface area contributed by atoms with Gasteiger partial charge in [0.1, 0.15) is 0 Å². The number of carbonyl (C=O) groups excluding carboxylic acids is 2. The first-order chi connectivity index (χ1) is 17.9. The Morgan fingerprint density at radius 3 is 2.49 bits per heavy atom. The highest BCUT2D eigenvalue weighted by atomic mass is 16.5. The number of carboxylic acid groups (broad SMARTS) is 1. The number of anilines is 1. The molecule has 2 amide bonds. The highest BCUT2D eigenvalue weighted by molar-refractivity contribution is 6.32. The Morgan fingerprint density at radius 2 is 1.81 bits per heavy atom. The minimum Gasteiger partial charge on any atom is -0.490 e. The van der Waals surface area contributed by atoms with Crippen molar-refractivity contribution in [3.63, 3.8) is 0 Å². The van der Waals surface area contributed by atoms with Crippen LogP contribution in [0, 0.1) is 0 Å². The summed E-state index contributed by atoms with van der Waals surface area (Å²) in [5.74, 6) is -0.588. The number of nitrogens with zero attached hydrogens (tertiary/aromatic N) is 2. The van der Waals surface area contributed by atoms with E-state index < -0.39 is 5.97 Å². The average molecular weight is 506 g/mol. The molecule has 37 heavy (non-hydrogen) atoms. The fourth-order valence-electron chi connectivity index (χ4n) is 4.43. The minimum absolute atomic E-state index is 0.100. The molecule has 2 aromatic rings. The van der Waals surface area contributed by atoms with Gasteiger partial charge < -0.3 is 19.9 Å². The number of ether oxygens (including phenoxy) is 2. The van der Waals surface area contributed by atoms with Gasteiger partial charge in [0.2, 0.25) is 0 Å². The molecule has 1 fully saturated rings. The van der Waals surface area contributed by atoms with Gasteiger partial charge in [-0.1, -0.05) is 25.3 Å². The third-order valence-corrected chi connectivity index (χ3v) is 6.33. The predicted octanol–water partition coefficient (Wildman–Crippen LogP) is 4.42. The van der Waals surface area contributed by atoms with Gasteiger partial charge in [-0.25, -0.2) is 4.79 Å². The van der Waals surface area contributed by atoms with Crippen molar-refractivity contribution in [1.82, 2.24) is 5.32 Å². The summed E-state index contributed by atoms with van der Waals surface area (Å²) in [6.45, 7) is 3.90. The second-order valence-electron chi connectivity index (χ2n) is 9.04. The van der Waals surface area contributed by atoms with Crippen LogP contribution in [-0.4, -0.2) is 47.9 Å². The van der Waals surface area contributed by atoms with Crippen LogP contribution in [-0.2, 0) is 9.59 Å². The van der Waals surface area contributed by atoms with E-state index >= 15 is 0 Å². The van der Waals surface area contributed by atoms with Gasteiger partial charge in [-0.15, -0.1) is 0 Å².